The number of ether oxygens (including phenoxy) is 2. The van der Waals surface area contributed by atoms with Crippen molar-refractivity contribution in [3.8, 4) is 5.75 Å². The van der Waals surface area contributed by atoms with E-state index in [0.717, 1.165) is 41.7 Å². The minimum absolute atomic E-state index is 0.0565. The van der Waals surface area contributed by atoms with Gasteiger partial charge in [-0.05, 0) is 25.0 Å². The molecule has 3 atom stereocenters. The fourth-order valence-electron chi connectivity index (χ4n) is 2.63. The second-order valence-electron chi connectivity index (χ2n) is 4.73. The van der Waals surface area contributed by atoms with Crippen LogP contribution in [0.4, 0.5) is 0 Å². The Labute approximate surface area is 109 Å². The molecule has 2 aliphatic rings. The van der Waals surface area contributed by atoms with E-state index >= 15 is 0 Å². The van der Waals surface area contributed by atoms with Crippen LogP contribution in [0.5, 0.6) is 5.75 Å². The van der Waals surface area contributed by atoms with Crippen molar-refractivity contribution in [1.82, 2.24) is 0 Å². The first-order valence-corrected chi connectivity index (χ1v) is 6.86. The molecule has 3 nitrogen and oxygen atoms in total. The lowest BCUT2D eigenvalue weighted by Gasteiger charge is -2.33. The summed E-state index contributed by atoms with van der Waals surface area (Å²) >= 11 is 3.46. The van der Waals surface area contributed by atoms with Crippen LogP contribution < -0.4 is 10.5 Å². The Bertz CT molecular complexity index is 418. The number of halogens is 1. The molecule has 0 bridgehead atoms. The Morgan fingerprint density at radius 1 is 1.29 bits per heavy atom. The van der Waals surface area contributed by atoms with E-state index in [4.69, 9.17) is 15.2 Å². The molecule has 17 heavy (non-hydrogen) atoms. The number of hydrogen-bond donors (Lipinski definition) is 1. The average Bonchev–Trinajstić information content (AvgIpc) is 2.81. The molecule has 4 heteroatoms. The standard InChI is InChI=1S/C13H16BrNO2/c14-8-3-4-9-10(15)7-13(17-12(9)6-8)11-2-1-5-16-11/h3-4,6,10-11,13H,1-2,5,7,15H2/t10-,11?,13?/m0/s1. The van der Waals surface area contributed by atoms with Gasteiger partial charge in [0.2, 0.25) is 0 Å². The summed E-state index contributed by atoms with van der Waals surface area (Å²) in [6, 6.07) is 6.10. The predicted octanol–water partition coefficient (Wildman–Crippen LogP) is 2.78. The van der Waals surface area contributed by atoms with E-state index in [2.05, 4.69) is 15.9 Å². The highest BCUT2D eigenvalue weighted by atomic mass is 79.9. The van der Waals surface area contributed by atoms with Crippen LogP contribution in [-0.2, 0) is 4.74 Å². The number of fused-ring (bicyclic) bond motifs is 1. The topological polar surface area (TPSA) is 44.5 Å². The first kappa shape index (κ1) is 11.5. The Balaban J connectivity index is 1.85. The Hall–Kier alpha value is -0.580. The lowest BCUT2D eigenvalue weighted by molar-refractivity contribution is -0.00198. The fourth-order valence-corrected chi connectivity index (χ4v) is 2.97. The Morgan fingerprint density at radius 2 is 2.18 bits per heavy atom. The molecule has 1 saturated heterocycles. The van der Waals surface area contributed by atoms with Crippen molar-refractivity contribution in [3.63, 3.8) is 0 Å². The van der Waals surface area contributed by atoms with Crippen LogP contribution in [0.25, 0.3) is 0 Å². The van der Waals surface area contributed by atoms with Gasteiger partial charge >= 0.3 is 0 Å². The molecule has 1 fully saturated rings. The van der Waals surface area contributed by atoms with Gasteiger partial charge < -0.3 is 15.2 Å². The zero-order valence-electron chi connectivity index (χ0n) is 9.56. The summed E-state index contributed by atoms with van der Waals surface area (Å²) in [6.45, 7) is 0.852. The highest BCUT2D eigenvalue weighted by Crippen LogP contribution is 2.37. The van der Waals surface area contributed by atoms with Gasteiger partial charge in [0.15, 0.2) is 0 Å². The Kier molecular flexibility index (Phi) is 3.11. The van der Waals surface area contributed by atoms with Crippen molar-refractivity contribution in [2.24, 2.45) is 5.73 Å². The summed E-state index contributed by atoms with van der Waals surface area (Å²) < 4.78 is 12.8. The second kappa shape index (κ2) is 4.59. The van der Waals surface area contributed by atoms with Crippen LogP contribution in [0.3, 0.4) is 0 Å². The summed E-state index contributed by atoms with van der Waals surface area (Å²) in [5, 5.41) is 0. The lowest BCUT2D eigenvalue weighted by atomic mass is 9.94. The van der Waals surface area contributed by atoms with Crippen LogP contribution >= 0.6 is 15.9 Å². The third-order valence-electron chi connectivity index (χ3n) is 3.52. The van der Waals surface area contributed by atoms with Crippen molar-refractivity contribution in [3.05, 3.63) is 28.2 Å². The number of nitrogens with two attached hydrogens (primary N) is 1. The Morgan fingerprint density at radius 3 is 2.94 bits per heavy atom. The summed E-state index contributed by atoms with van der Waals surface area (Å²) in [4.78, 5) is 0. The van der Waals surface area contributed by atoms with Gasteiger partial charge in [-0.2, -0.15) is 0 Å². The van der Waals surface area contributed by atoms with E-state index in [0.29, 0.717) is 0 Å². The summed E-state index contributed by atoms with van der Waals surface area (Å²) in [5.41, 5.74) is 7.30. The van der Waals surface area contributed by atoms with Gasteiger partial charge in [-0.1, -0.05) is 22.0 Å². The zero-order valence-corrected chi connectivity index (χ0v) is 11.2. The first-order chi connectivity index (χ1) is 8.24. The quantitative estimate of drug-likeness (QED) is 0.867. The van der Waals surface area contributed by atoms with Gasteiger partial charge in [-0.3, -0.25) is 0 Å². The molecule has 0 aliphatic carbocycles. The van der Waals surface area contributed by atoms with Gasteiger partial charge in [0, 0.05) is 29.1 Å². The third kappa shape index (κ3) is 2.21. The van der Waals surface area contributed by atoms with Crippen molar-refractivity contribution >= 4 is 15.9 Å². The van der Waals surface area contributed by atoms with Gasteiger partial charge in [-0.15, -0.1) is 0 Å². The zero-order chi connectivity index (χ0) is 11.8. The number of benzene rings is 1. The van der Waals surface area contributed by atoms with Gasteiger partial charge in [0.1, 0.15) is 11.9 Å². The van der Waals surface area contributed by atoms with Crippen molar-refractivity contribution in [2.45, 2.75) is 37.5 Å². The van der Waals surface area contributed by atoms with E-state index in [1.165, 1.54) is 0 Å². The summed E-state index contributed by atoms with van der Waals surface area (Å²) in [5.74, 6) is 0.902. The molecule has 0 aromatic heterocycles. The molecular formula is C13H16BrNO2. The van der Waals surface area contributed by atoms with Crippen LogP contribution in [0.2, 0.25) is 0 Å². The highest BCUT2D eigenvalue weighted by Gasteiger charge is 2.34. The van der Waals surface area contributed by atoms with E-state index in [1.807, 2.05) is 18.2 Å². The van der Waals surface area contributed by atoms with Crippen molar-refractivity contribution < 1.29 is 9.47 Å². The average molecular weight is 298 g/mol. The second-order valence-corrected chi connectivity index (χ2v) is 5.65. The van der Waals surface area contributed by atoms with E-state index < -0.39 is 0 Å². The molecule has 1 aromatic carbocycles. The largest absolute Gasteiger partial charge is 0.487 e. The lowest BCUT2D eigenvalue weighted by Crippen LogP contribution is -2.38. The number of rotatable bonds is 1. The minimum atomic E-state index is 0.0565. The summed E-state index contributed by atoms with van der Waals surface area (Å²) in [7, 11) is 0. The van der Waals surface area contributed by atoms with Gasteiger partial charge in [0.25, 0.3) is 0 Å². The van der Waals surface area contributed by atoms with E-state index in [1.54, 1.807) is 0 Å². The SMILES string of the molecule is N[C@H]1CC(C2CCCO2)Oc2cc(Br)ccc21. The summed E-state index contributed by atoms with van der Waals surface area (Å²) in [6.07, 6.45) is 3.38. The van der Waals surface area contributed by atoms with Gasteiger partial charge in [-0.25, -0.2) is 0 Å². The monoisotopic (exact) mass is 297 g/mol. The first-order valence-electron chi connectivity index (χ1n) is 6.07. The maximum Gasteiger partial charge on any atom is 0.127 e. The maximum absolute atomic E-state index is 6.20. The molecule has 92 valence electrons. The molecule has 0 spiro atoms. The van der Waals surface area contributed by atoms with E-state index in [9.17, 15) is 0 Å². The fraction of sp³-hybridized carbons (Fsp3) is 0.538. The molecule has 2 unspecified atom stereocenters. The minimum Gasteiger partial charge on any atom is -0.487 e. The number of hydrogen-bond acceptors (Lipinski definition) is 3. The molecule has 0 saturated carbocycles. The molecule has 2 aliphatic heterocycles. The smallest absolute Gasteiger partial charge is 0.127 e. The van der Waals surface area contributed by atoms with Crippen LogP contribution in [0.1, 0.15) is 30.9 Å². The van der Waals surface area contributed by atoms with E-state index in [-0.39, 0.29) is 18.2 Å². The maximum atomic E-state index is 6.20. The molecule has 0 amide bonds. The molecule has 1 aromatic rings. The van der Waals surface area contributed by atoms with Crippen LogP contribution in [0, 0.1) is 0 Å². The van der Waals surface area contributed by atoms with Crippen molar-refractivity contribution in [2.75, 3.05) is 6.61 Å². The van der Waals surface area contributed by atoms with Crippen LogP contribution in [0.15, 0.2) is 22.7 Å². The molecule has 2 N–H and O–H groups in total. The van der Waals surface area contributed by atoms with Gasteiger partial charge in [0.05, 0.1) is 6.10 Å². The molecule has 3 rings (SSSR count). The predicted molar refractivity (Wildman–Crippen MR) is 69.1 cm³/mol. The highest BCUT2D eigenvalue weighted by molar-refractivity contribution is 9.10. The molecular weight excluding hydrogens is 282 g/mol. The normalized spacial score (nSPS) is 32.0. The van der Waals surface area contributed by atoms with Crippen molar-refractivity contribution in [1.29, 1.82) is 0 Å². The molecule has 2 heterocycles. The third-order valence-corrected chi connectivity index (χ3v) is 4.01. The molecule has 0 radical (unpaired) electrons. The van der Waals surface area contributed by atoms with Crippen LogP contribution in [-0.4, -0.2) is 18.8 Å².